The number of hydrogen-bond donors (Lipinski definition) is 0. The zero-order valence-corrected chi connectivity index (χ0v) is 11.2. The molecule has 0 aliphatic heterocycles. The molecule has 1 amide bonds. The maximum Gasteiger partial charge on any atom is 0.261 e. The van der Waals surface area contributed by atoms with Crippen LogP contribution in [-0.2, 0) is 6.42 Å². The van der Waals surface area contributed by atoms with Crippen molar-refractivity contribution in [3.8, 4) is 0 Å². The van der Waals surface area contributed by atoms with Crippen LogP contribution >= 0.6 is 0 Å². The van der Waals surface area contributed by atoms with Crippen LogP contribution in [0.5, 0.6) is 0 Å². The quantitative estimate of drug-likeness (QED) is 0.831. The van der Waals surface area contributed by atoms with Crippen molar-refractivity contribution in [1.29, 1.82) is 0 Å². The summed E-state index contributed by atoms with van der Waals surface area (Å²) in [6.45, 7) is 3.79. The zero-order chi connectivity index (χ0) is 13.8. The number of rotatable bonds is 3. The molecule has 98 valence electrons. The molecule has 0 unspecified atom stereocenters. The second-order valence-electron chi connectivity index (χ2n) is 4.10. The normalized spacial score (nSPS) is 10.3. The summed E-state index contributed by atoms with van der Waals surface area (Å²) in [5, 5.41) is 7.44. The topological polar surface area (TPSA) is 71.9 Å². The maximum absolute atomic E-state index is 12.4. The van der Waals surface area contributed by atoms with Crippen LogP contribution in [0.3, 0.4) is 0 Å². The average molecular weight is 257 g/mol. The Morgan fingerprint density at radius 2 is 2.11 bits per heavy atom. The van der Waals surface area contributed by atoms with Crippen molar-refractivity contribution in [1.82, 2.24) is 20.2 Å². The number of nitrogens with zero attached hydrogens (tertiary/aromatic N) is 5. The van der Waals surface area contributed by atoms with Crippen molar-refractivity contribution in [2.75, 3.05) is 11.9 Å². The molecule has 6 heteroatoms. The third-order valence-corrected chi connectivity index (χ3v) is 2.84. The first kappa shape index (κ1) is 13.1. The largest absolute Gasteiger partial charge is 0.310 e. The molecular formula is C13H15N5O. The van der Waals surface area contributed by atoms with Crippen molar-refractivity contribution in [2.24, 2.45) is 0 Å². The number of carbonyl (C=O) groups is 1. The summed E-state index contributed by atoms with van der Waals surface area (Å²) in [5.74, 6) is 0.579. The standard InChI is InChI=1S/C13H15N5O/c1-4-12-14-8-11(9(2)17-12)13(19)18(3)10-5-6-15-16-7-10/h5-8H,4H2,1-3H3. The molecule has 2 heterocycles. The van der Waals surface area contributed by atoms with Crippen molar-refractivity contribution >= 4 is 11.6 Å². The minimum absolute atomic E-state index is 0.159. The Balaban J connectivity index is 2.29. The van der Waals surface area contributed by atoms with Gasteiger partial charge >= 0.3 is 0 Å². The monoisotopic (exact) mass is 257 g/mol. The van der Waals surface area contributed by atoms with E-state index in [9.17, 15) is 4.79 Å². The number of amides is 1. The van der Waals surface area contributed by atoms with Crippen LogP contribution in [0.2, 0.25) is 0 Å². The van der Waals surface area contributed by atoms with Crippen molar-refractivity contribution in [2.45, 2.75) is 20.3 Å². The molecule has 6 nitrogen and oxygen atoms in total. The van der Waals surface area contributed by atoms with Gasteiger partial charge in [0.25, 0.3) is 5.91 Å². The van der Waals surface area contributed by atoms with Gasteiger partial charge in [-0.15, -0.1) is 0 Å². The smallest absolute Gasteiger partial charge is 0.261 e. The van der Waals surface area contributed by atoms with Gasteiger partial charge in [-0.05, 0) is 13.0 Å². The number of anilines is 1. The fourth-order valence-electron chi connectivity index (χ4n) is 1.68. The van der Waals surface area contributed by atoms with Gasteiger partial charge in [-0.3, -0.25) is 4.79 Å². The van der Waals surface area contributed by atoms with Crippen LogP contribution in [0.1, 0.15) is 28.8 Å². The first-order valence-corrected chi connectivity index (χ1v) is 6.00. The number of carbonyl (C=O) groups excluding carboxylic acids is 1. The van der Waals surface area contributed by atoms with Gasteiger partial charge in [-0.2, -0.15) is 10.2 Å². The second kappa shape index (κ2) is 5.51. The van der Waals surface area contributed by atoms with E-state index in [1.807, 2.05) is 13.8 Å². The van der Waals surface area contributed by atoms with Crippen LogP contribution in [0.4, 0.5) is 5.69 Å². The lowest BCUT2D eigenvalue weighted by Crippen LogP contribution is -2.27. The van der Waals surface area contributed by atoms with Gasteiger partial charge in [0.05, 0.1) is 29.3 Å². The molecule has 2 aromatic rings. The molecular weight excluding hydrogens is 242 g/mol. The molecule has 0 N–H and O–H groups in total. The Labute approximate surface area is 111 Å². The summed E-state index contributed by atoms with van der Waals surface area (Å²) in [7, 11) is 1.69. The van der Waals surface area contributed by atoms with E-state index in [-0.39, 0.29) is 5.91 Å². The molecule has 2 aromatic heterocycles. The number of hydrogen-bond acceptors (Lipinski definition) is 5. The maximum atomic E-state index is 12.4. The van der Waals surface area contributed by atoms with Crippen LogP contribution in [0.25, 0.3) is 0 Å². The van der Waals surface area contributed by atoms with E-state index in [1.165, 1.54) is 11.1 Å². The van der Waals surface area contributed by atoms with Gasteiger partial charge < -0.3 is 4.90 Å². The van der Waals surface area contributed by atoms with Gasteiger partial charge in [0, 0.05) is 19.7 Å². The predicted octanol–water partition coefficient (Wildman–Crippen LogP) is 1.41. The Hall–Kier alpha value is -2.37. The first-order valence-electron chi connectivity index (χ1n) is 6.00. The van der Waals surface area contributed by atoms with Crippen molar-refractivity contribution < 1.29 is 4.79 Å². The van der Waals surface area contributed by atoms with E-state index < -0.39 is 0 Å². The highest BCUT2D eigenvalue weighted by molar-refractivity contribution is 6.06. The first-order chi connectivity index (χ1) is 9.13. The van der Waals surface area contributed by atoms with Crippen LogP contribution in [0, 0.1) is 6.92 Å². The molecule has 0 bridgehead atoms. The van der Waals surface area contributed by atoms with E-state index >= 15 is 0 Å². The summed E-state index contributed by atoms with van der Waals surface area (Å²) >= 11 is 0. The lowest BCUT2D eigenvalue weighted by atomic mass is 10.2. The Kier molecular flexibility index (Phi) is 3.79. The minimum Gasteiger partial charge on any atom is -0.310 e. The van der Waals surface area contributed by atoms with E-state index in [0.717, 1.165) is 12.2 Å². The summed E-state index contributed by atoms with van der Waals surface area (Å²) in [4.78, 5) is 22.3. The van der Waals surface area contributed by atoms with Gasteiger partial charge in [-0.1, -0.05) is 6.92 Å². The molecule has 0 radical (unpaired) electrons. The highest BCUT2D eigenvalue weighted by Gasteiger charge is 2.17. The number of aryl methyl sites for hydroxylation is 2. The van der Waals surface area contributed by atoms with Crippen molar-refractivity contribution in [3.63, 3.8) is 0 Å². The van der Waals surface area contributed by atoms with Crippen LogP contribution < -0.4 is 4.90 Å². The molecule has 0 saturated heterocycles. The molecule has 2 rings (SSSR count). The van der Waals surface area contributed by atoms with E-state index in [2.05, 4.69) is 20.2 Å². The summed E-state index contributed by atoms with van der Waals surface area (Å²) in [6.07, 6.45) is 5.41. The SMILES string of the molecule is CCc1ncc(C(=O)N(C)c2ccnnc2)c(C)n1. The minimum atomic E-state index is -0.159. The van der Waals surface area contributed by atoms with Crippen LogP contribution in [-0.4, -0.2) is 33.1 Å². The summed E-state index contributed by atoms with van der Waals surface area (Å²) in [6, 6.07) is 1.72. The van der Waals surface area contributed by atoms with E-state index in [1.54, 1.807) is 25.5 Å². The van der Waals surface area contributed by atoms with Gasteiger partial charge in [0.15, 0.2) is 0 Å². The average Bonchev–Trinajstić information content (AvgIpc) is 2.46. The second-order valence-corrected chi connectivity index (χ2v) is 4.10. The summed E-state index contributed by atoms with van der Waals surface area (Å²) < 4.78 is 0. The molecule has 0 saturated carbocycles. The molecule has 0 aliphatic rings. The molecule has 19 heavy (non-hydrogen) atoms. The molecule has 0 atom stereocenters. The third kappa shape index (κ3) is 2.73. The van der Waals surface area contributed by atoms with E-state index in [0.29, 0.717) is 16.9 Å². The van der Waals surface area contributed by atoms with Gasteiger partial charge in [0.1, 0.15) is 5.82 Å². The van der Waals surface area contributed by atoms with Crippen LogP contribution in [0.15, 0.2) is 24.7 Å². The third-order valence-electron chi connectivity index (χ3n) is 2.84. The predicted molar refractivity (Wildman–Crippen MR) is 70.9 cm³/mol. The van der Waals surface area contributed by atoms with Crippen molar-refractivity contribution in [3.05, 3.63) is 41.7 Å². The zero-order valence-electron chi connectivity index (χ0n) is 11.2. The lowest BCUT2D eigenvalue weighted by molar-refractivity contribution is 0.0991. The number of aromatic nitrogens is 4. The Morgan fingerprint density at radius 3 is 2.68 bits per heavy atom. The fraction of sp³-hybridized carbons (Fsp3) is 0.308. The molecule has 0 aliphatic carbocycles. The molecule has 0 aromatic carbocycles. The summed E-state index contributed by atoms with van der Waals surface area (Å²) in [5.41, 5.74) is 1.86. The molecule has 0 fully saturated rings. The van der Waals surface area contributed by atoms with Gasteiger partial charge in [0.2, 0.25) is 0 Å². The highest BCUT2D eigenvalue weighted by atomic mass is 16.2. The Bertz CT molecular complexity index is 585. The highest BCUT2D eigenvalue weighted by Crippen LogP contribution is 2.14. The van der Waals surface area contributed by atoms with E-state index in [4.69, 9.17) is 0 Å². The fourth-order valence-corrected chi connectivity index (χ4v) is 1.68. The van der Waals surface area contributed by atoms with Gasteiger partial charge in [-0.25, -0.2) is 9.97 Å². The molecule has 0 spiro atoms. The Morgan fingerprint density at radius 1 is 1.32 bits per heavy atom. The lowest BCUT2D eigenvalue weighted by Gasteiger charge is -2.17.